The van der Waals surface area contributed by atoms with Crippen molar-refractivity contribution in [3.8, 4) is 5.75 Å². The van der Waals surface area contributed by atoms with E-state index in [0.29, 0.717) is 29.9 Å². The summed E-state index contributed by atoms with van der Waals surface area (Å²) >= 11 is 3.11. The van der Waals surface area contributed by atoms with E-state index in [1.165, 1.54) is 18.4 Å². The standard InChI is InChI=1S/C17H22IN3O4S/c1-3-13(20-16(23)12-8-26-9-14(12)25-2)15(21-18)17(24)19-10-4-6-11(22)7-5-10/h3,8-11,22H,4-7H2,1-2H3,(H,19,24)(H,20,23)/b13-3+,21-15?. The number of ether oxygens (including phenoxy) is 1. The van der Waals surface area contributed by atoms with Gasteiger partial charge in [0.15, 0.2) is 5.71 Å². The Balaban J connectivity index is 2.04. The van der Waals surface area contributed by atoms with E-state index in [2.05, 4.69) is 13.8 Å². The zero-order valence-electron chi connectivity index (χ0n) is 14.6. The molecule has 0 aliphatic heterocycles. The van der Waals surface area contributed by atoms with E-state index in [1.54, 1.807) is 46.6 Å². The predicted octanol–water partition coefficient (Wildman–Crippen LogP) is 2.60. The van der Waals surface area contributed by atoms with Crippen molar-refractivity contribution in [1.29, 1.82) is 0 Å². The Kier molecular flexibility index (Phi) is 8.04. The first kappa shape index (κ1) is 20.8. The smallest absolute Gasteiger partial charge is 0.272 e. The highest BCUT2D eigenvalue weighted by atomic mass is 127. The van der Waals surface area contributed by atoms with Crippen molar-refractivity contribution in [2.45, 2.75) is 44.8 Å². The zero-order chi connectivity index (χ0) is 19.1. The van der Waals surface area contributed by atoms with Gasteiger partial charge in [-0.05, 0) is 32.6 Å². The average Bonchev–Trinajstić information content (AvgIpc) is 3.12. The maximum absolute atomic E-state index is 12.6. The van der Waals surface area contributed by atoms with E-state index < -0.39 is 0 Å². The zero-order valence-corrected chi connectivity index (χ0v) is 17.6. The van der Waals surface area contributed by atoms with Gasteiger partial charge in [0.2, 0.25) is 0 Å². The van der Waals surface area contributed by atoms with Crippen LogP contribution in [0, 0.1) is 0 Å². The number of amides is 2. The van der Waals surface area contributed by atoms with Gasteiger partial charge in [0.1, 0.15) is 5.75 Å². The van der Waals surface area contributed by atoms with Gasteiger partial charge in [-0.2, -0.15) is 0 Å². The molecule has 7 nitrogen and oxygen atoms in total. The van der Waals surface area contributed by atoms with Crippen molar-refractivity contribution in [1.82, 2.24) is 10.6 Å². The summed E-state index contributed by atoms with van der Waals surface area (Å²) in [5.74, 6) is -0.213. The Morgan fingerprint density at radius 1 is 1.35 bits per heavy atom. The Bertz CT molecular complexity index is 709. The summed E-state index contributed by atoms with van der Waals surface area (Å²) in [5.41, 5.74) is 0.902. The van der Waals surface area contributed by atoms with E-state index in [0.717, 1.165) is 12.8 Å². The van der Waals surface area contributed by atoms with Crippen LogP contribution in [-0.2, 0) is 4.79 Å². The lowest BCUT2D eigenvalue weighted by Crippen LogP contribution is -2.44. The van der Waals surface area contributed by atoms with E-state index >= 15 is 0 Å². The summed E-state index contributed by atoms with van der Waals surface area (Å²) in [6.45, 7) is 1.73. The summed E-state index contributed by atoms with van der Waals surface area (Å²) in [5, 5.41) is 18.7. The van der Waals surface area contributed by atoms with E-state index in [1.807, 2.05) is 0 Å². The van der Waals surface area contributed by atoms with Gasteiger partial charge in [0.05, 0.1) is 47.3 Å². The number of carbonyl (C=O) groups is 2. The largest absolute Gasteiger partial charge is 0.495 e. The van der Waals surface area contributed by atoms with Crippen LogP contribution in [-0.4, -0.2) is 41.9 Å². The molecule has 1 aromatic heterocycles. The van der Waals surface area contributed by atoms with Crippen LogP contribution in [0.4, 0.5) is 0 Å². The Hall–Kier alpha value is -1.46. The normalized spacial score (nSPS) is 21.2. The number of hydrogen-bond acceptors (Lipinski definition) is 6. The van der Waals surface area contributed by atoms with Crippen molar-refractivity contribution < 1.29 is 19.4 Å². The van der Waals surface area contributed by atoms with Gasteiger partial charge in [0.25, 0.3) is 11.8 Å². The predicted molar refractivity (Wildman–Crippen MR) is 110 cm³/mol. The van der Waals surface area contributed by atoms with Crippen LogP contribution < -0.4 is 15.4 Å². The highest BCUT2D eigenvalue weighted by Gasteiger charge is 2.25. The molecule has 0 bridgehead atoms. The number of methoxy groups -OCH3 is 1. The minimum Gasteiger partial charge on any atom is -0.495 e. The molecule has 142 valence electrons. The molecule has 0 aromatic carbocycles. The van der Waals surface area contributed by atoms with Gasteiger partial charge in [-0.25, -0.2) is 3.21 Å². The van der Waals surface area contributed by atoms with Gasteiger partial charge in [-0.1, -0.05) is 6.08 Å². The summed E-state index contributed by atoms with van der Waals surface area (Å²) in [7, 11) is 1.50. The van der Waals surface area contributed by atoms with Crippen molar-refractivity contribution in [3.63, 3.8) is 0 Å². The molecule has 1 aromatic rings. The van der Waals surface area contributed by atoms with Crippen molar-refractivity contribution in [2.75, 3.05) is 7.11 Å². The number of allylic oxidation sites excluding steroid dienone is 1. The quantitative estimate of drug-likeness (QED) is 0.421. The van der Waals surface area contributed by atoms with E-state index in [-0.39, 0.29) is 29.7 Å². The summed E-state index contributed by atoms with van der Waals surface area (Å²) in [6, 6.07) is 0.00447. The second kappa shape index (κ2) is 10.0. The molecule has 1 aliphatic rings. The third-order valence-corrected chi connectivity index (χ3v) is 5.42. The summed E-state index contributed by atoms with van der Waals surface area (Å²) in [4.78, 5) is 25.1. The van der Waals surface area contributed by atoms with Crippen LogP contribution in [0.2, 0.25) is 0 Å². The number of aliphatic hydroxyl groups is 1. The Labute approximate surface area is 170 Å². The molecule has 2 rings (SSSR count). The van der Waals surface area contributed by atoms with Crippen molar-refractivity contribution in [2.24, 2.45) is 3.21 Å². The molecule has 3 N–H and O–H groups in total. The van der Waals surface area contributed by atoms with Gasteiger partial charge >= 0.3 is 0 Å². The highest BCUT2D eigenvalue weighted by Crippen LogP contribution is 2.23. The fourth-order valence-corrected chi connectivity index (χ4v) is 4.00. The van der Waals surface area contributed by atoms with Gasteiger partial charge in [-0.3, -0.25) is 9.59 Å². The molecule has 0 saturated heterocycles. The van der Waals surface area contributed by atoms with E-state index in [9.17, 15) is 14.7 Å². The molecule has 0 spiro atoms. The molecular formula is C17H22IN3O4S. The van der Waals surface area contributed by atoms with Crippen molar-refractivity contribution in [3.05, 3.63) is 28.1 Å². The first-order valence-corrected chi connectivity index (χ1v) is 10.2. The van der Waals surface area contributed by atoms with Crippen LogP contribution in [0.15, 0.2) is 25.7 Å². The lowest BCUT2D eigenvalue weighted by molar-refractivity contribution is -0.115. The molecule has 9 heteroatoms. The number of halogens is 1. The third kappa shape index (κ3) is 5.27. The molecule has 2 amide bonds. The highest BCUT2D eigenvalue weighted by molar-refractivity contribution is 14.1. The van der Waals surface area contributed by atoms with Crippen LogP contribution in [0.5, 0.6) is 5.75 Å². The molecule has 0 atom stereocenters. The lowest BCUT2D eigenvalue weighted by atomic mass is 9.93. The monoisotopic (exact) mass is 491 g/mol. The van der Waals surface area contributed by atoms with Gasteiger partial charge in [0, 0.05) is 16.8 Å². The van der Waals surface area contributed by atoms with Crippen molar-refractivity contribution >= 4 is 51.7 Å². The third-order valence-electron chi connectivity index (χ3n) is 4.21. The molecule has 1 fully saturated rings. The average molecular weight is 491 g/mol. The molecular weight excluding hydrogens is 469 g/mol. The van der Waals surface area contributed by atoms with Gasteiger partial charge in [-0.15, -0.1) is 11.3 Å². The van der Waals surface area contributed by atoms with Gasteiger partial charge < -0.3 is 20.5 Å². The summed E-state index contributed by atoms with van der Waals surface area (Å²) in [6.07, 6.45) is 4.15. The fraction of sp³-hybridized carbons (Fsp3) is 0.471. The second-order valence-corrected chi connectivity index (χ2v) is 7.15. The molecule has 1 aliphatic carbocycles. The number of thiophene rings is 1. The topological polar surface area (TPSA) is 100 Å². The number of aliphatic hydroxyl groups excluding tert-OH is 1. The first-order valence-electron chi connectivity index (χ1n) is 8.26. The van der Waals surface area contributed by atoms with Crippen LogP contribution >= 0.6 is 34.2 Å². The molecule has 26 heavy (non-hydrogen) atoms. The number of carbonyl (C=O) groups excluding carboxylic acids is 2. The molecule has 1 heterocycles. The maximum atomic E-state index is 12.6. The van der Waals surface area contributed by atoms with E-state index in [4.69, 9.17) is 4.74 Å². The second-order valence-electron chi connectivity index (χ2n) is 5.92. The fourth-order valence-electron chi connectivity index (χ4n) is 2.75. The van der Waals surface area contributed by atoms with Crippen LogP contribution in [0.25, 0.3) is 0 Å². The first-order chi connectivity index (χ1) is 12.5. The number of rotatable bonds is 6. The van der Waals surface area contributed by atoms with Crippen LogP contribution in [0.3, 0.4) is 0 Å². The molecule has 0 unspecified atom stereocenters. The molecule has 1 saturated carbocycles. The molecule has 0 radical (unpaired) electrons. The SMILES string of the molecule is C/C=C(/NC(=O)c1cscc1OC)C(=NI)C(=O)NC1CCC(O)CC1. The number of hydrogen-bond donors (Lipinski definition) is 3. The minimum absolute atomic E-state index is 0.00447. The number of nitrogens with zero attached hydrogens (tertiary/aromatic N) is 1. The minimum atomic E-state index is -0.359. The summed E-state index contributed by atoms with van der Waals surface area (Å²) < 4.78 is 9.19. The lowest BCUT2D eigenvalue weighted by Gasteiger charge is -2.26. The van der Waals surface area contributed by atoms with Crippen LogP contribution in [0.1, 0.15) is 43.0 Å². The Morgan fingerprint density at radius 3 is 2.62 bits per heavy atom. The number of nitrogens with one attached hydrogen (secondary N) is 2. The maximum Gasteiger partial charge on any atom is 0.272 e. The Morgan fingerprint density at radius 2 is 2.04 bits per heavy atom.